The van der Waals surface area contributed by atoms with Gasteiger partial charge in [0.2, 0.25) is 5.88 Å². The number of aliphatic imine (C=N–C) groups is 1. The lowest BCUT2D eigenvalue weighted by Crippen LogP contribution is -2.04. The van der Waals surface area contributed by atoms with E-state index in [0.717, 1.165) is 29.7 Å². The molecule has 142 valence electrons. The van der Waals surface area contributed by atoms with E-state index in [9.17, 15) is 9.90 Å². The van der Waals surface area contributed by atoms with Gasteiger partial charge in [-0.25, -0.2) is 4.99 Å². The van der Waals surface area contributed by atoms with Crippen LogP contribution in [0.15, 0.2) is 53.8 Å². The monoisotopic (exact) mass is 375 g/mol. The van der Waals surface area contributed by atoms with Crippen LogP contribution >= 0.6 is 0 Å². The fourth-order valence-electron chi connectivity index (χ4n) is 3.55. The van der Waals surface area contributed by atoms with Gasteiger partial charge in [-0.2, -0.15) is 0 Å². The molecule has 0 aliphatic carbocycles. The van der Waals surface area contributed by atoms with E-state index in [1.54, 1.807) is 31.6 Å². The van der Waals surface area contributed by atoms with Crippen LogP contribution in [0.3, 0.4) is 0 Å². The van der Waals surface area contributed by atoms with E-state index in [4.69, 9.17) is 4.74 Å². The minimum absolute atomic E-state index is 0.0793. The maximum atomic E-state index is 12.9. The van der Waals surface area contributed by atoms with E-state index in [1.165, 1.54) is 0 Å². The molecule has 1 aliphatic rings. The molecule has 0 saturated heterocycles. The van der Waals surface area contributed by atoms with Crippen molar-refractivity contribution >= 4 is 11.6 Å². The first-order valence-corrected chi connectivity index (χ1v) is 9.29. The summed E-state index contributed by atoms with van der Waals surface area (Å²) >= 11 is 0. The molecule has 1 N–H and O–H groups in total. The lowest BCUT2D eigenvalue weighted by Gasteiger charge is -2.12. The van der Waals surface area contributed by atoms with Crippen LogP contribution in [0.25, 0.3) is 11.3 Å². The average molecular weight is 375 g/mol. The Morgan fingerprint density at radius 3 is 2.39 bits per heavy atom. The van der Waals surface area contributed by atoms with Crippen molar-refractivity contribution in [1.82, 2.24) is 9.55 Å². The number of rotatable bonds is 6. The summed E-state index contributed by atoms with van der Waals surface area (Å²) in [6, 6.07) is 11.1. The molecule has 0 atom stereocenters. The number of carbonyl (C=O) groups excluding carboxylic acids is 1. The van der Waals surface area contributed by atoms with Crippen molar-refractivity contribution in [1.29, 1.82) is 0 Å². The maximum Gasteiger partial charge on any atom is 0.280 e. The third kappa shape index (κ3) is 2.87. The number of aromatic nitrogens is 2. The summed E-state index contributed by atoms with van der Waals surface area (Å²) in [5.41, 5.74) is 3.73. The van der Waals surface area contributed by atoms with Crippen molar-refractivity contribution < 1.29 is 14.6 Å². The molecule has 2 aromatic heterocycles. The Hall–Kier alpha value is -3.41. The Balaban J connectivity index is 1.92. The highest BCUT2D eigenvalue weighted by Gasteiger charge is 2.35. The van der Waals surface area contributed by atoms with Gasteiger partial charge < -0.3 is 14.4 Å². The molecular formula is C22H21N3O3. The molecule has 0 fully saturated rings. The first-order valence-electron chi connectivity index (χ1n) is 9.29. The van der Waals surface area contributed by atoms with Crippen molar-refractivity contribution in [3.63, 3.8) is 0 Å². The molecular weight excluding hydrogens is 354 g/mol. The largest absolute Gasteiger partial charge is 0.497 e. The highest BCUT2D eigenvalue weighted by molar-refractivity contribution is 6.30. The molecule has 1 aromatic carbocycles. The number of benzene rings is 1. The molecule has 0 bridgehead atoms. The number of carbonyl (C=O) groups is 1. The van der Waals surface area contributed by atoms with Crippen LogP contribution in [0.1, 0.15) is 41.3 Å². The van der Waals surface area contributed by atoms with E-state index in [0.29, 0.717) is 29.1 Å². The van der Waals surface area contributed by atoms with E-state index in [1.807, 2.05) is 28.8 Å². The molecule has 6 nitrogen and oxygen atoms in total. The second kappa shape index (κ2) is 7.31. The third-order valence-electron chi connectivity index (χ3n) is 4.95. The van der Waals surface area contributed by atoms with Crippen molar-refractivity contribution in [2.45, 2.75) is 26.3 Å². The van der Waals surface area contributed by atoms with Crippen LogP contribution in [0.4, 0.5) is 0 Å². The maximum absolute atomic E-state index is 12.9. The van der Waals surface area contributed by atoms with Crippen LogP contribution in [-0.4, -0.2) is 33.4 Å². The van der Waals surface area contributed by atoms with Gasteiger partial charge in [0.05, 0.1) is 29.6 Å². The quantitative estimate of drug-likeness (QED) is 0.705. The molecule has 4 rings (SSSR count). The summed E-state index contributed by atoms with van der Waals surface area (Å²) in [5.74, 6) is 0.477. The minimum Gasteiger partial charge on any atom is -0.497 e. The van der Waals surface area contributed by atoms with E-state index >= 15 is 0 Å². The number of hydrogen-bond acceptors (Lipinski definition) is 4. The SMILES string of the molecule is CCCCn1c(O)c2c(c1-c1ccc(OC)cc1)C(=O)N=C2c1ccncc1. The third-order valence-corrected chi connectivity index (χ3v) is 4.95. The van der Waals surface area contributed by atoms with E-state index < -0.39 is 0 Å². The molecule has 3 heterocycles. The van der Waals surface area contributed by atoms with Gasteiger partial charge in [-0.05, 0) is 48.4 Å². The zero-order chi connectivity index (χ0) is 19.7. The Labute approximate surface area is 163 Å². The van der Waals surface area contributed by atoms with Gasteiger partial charge in [-0.15, -0.1) is 0 Å². The van der Waals surface area contributed by atoms with Gasteiger partial charge in [0.15, 0.2) is 0 Å². The molecule has 0 unspecified atom stereocenters. The lowest BCUT2D eigenvalue weighted by atomic mass is 10.0. The van der Waals surface area contributed by atoms with Crippen molar-refractivity contribution in [3.05, 3.63) is 65.5 Å². The molecule has 6 heteroatoms. The Morgan fingerprint density at radius 1 is 1.04 bits per heavy atom. The second-order valence-electron chi connectivity index (χ2n) is 6.66. The van der Waals surface area contributed by atoms with Crippen molar-refractivity contribution in [3.8, 4) is 22.9 Å². The number of hydrogen-bond donors (Lipinski definition) is 1. The first-order chi connectivity index (χ1) is 13.7. The smallest absolute Gasteiger partial charge is 0.280 e. The Kier molecular flexibility index (Phi) is 4.69. The molecule has 0 saturated carbocycles. The Morgan fingerprint density at radius 2 is 1.75 bits per heavy atom. The molecule has 1 amide bonds. The highest BCUT2D eigenvalue weighted by atomic mass is 16.5. The summed E-state index contributed by atoms with van der Waals surface area (Å²) in [6.45, 7) is 2.71. The molecule has 0 radical (unpaired) electrons. The molecule has 3 aromatic rings. The van der Waals surface area contributed by atoms with Gasteiger partial charge in [-0.3, -0.25) is 9.78 Å². The van der Waals surface area contributed by atoms with Gasteiger partial charge in [0, 0.05) is 24.5 Å². The Bertz CT molecular complexity index is 1050. The van der Waals surface area contributed by atoms with E-state index in [2.05, 4.69) is 16.9 Å². The van der Waals surface area contributed by atoms with Crippen molar-refractivity contribution in [2.24, 2.45) is 4.99 Å². The second-order valence-corrected chi connectivity index (χ2v) is 6.66. The van der Waals surface area contributed by atoms with Gasteiger partial charge in [0.1, 0.15) is 5.75 Å². The topological polar surface area (TPSA) is 76.7 Å². The highest BCUT2D eigenvalue weighted by Crippen LogP contribution is 2.41. The molecule has 28 heavy (non-hydrogen) atoms. The van der Waals surface area contributed by atoms with Crippen LogP contribution in [-0.2, 0) is 6.54 Å². The normalized spacial score (nSPS) is 12.8. The zero-order valence-corrected chi connectivity index (χ0v) is 15.8. The number of amides is 1. The van der Waals surface area contributed by atoms with Crippen LogP contribution < -0.4 is 4.74 Å². The fraction of sp³-hybridized carbons (Fsp3) is 0.227. The number of methoxy groups -OCH3 is 1. The summed E-state index contributed by atoms with van der Waals surface area (Å²) < 4.78 is 7.07. The summed E-state index contributed by atoms with van der Waals surface area (Å²) in [5, 5.41) is 11.1. The average Bonchev–Trinajstić information content (AvgIpc) is 3.22. The van der Waals surface area contributed by atoms with E-state index in [-0.39, 0.29) is 11.8 Å². The van der Waals surface area contributed by atoms with Crippen LogP contribution in [0.5, 0.6) is 11.6 Å². The number of nitrogens with zero attached hydrogens (tertiary/aromatic N) is 3. The standard InChI is InChI=1S/C22H21N3O3/c1-3-4-13-25-20(15-5-7-16(28-2)8-6-15)18-17(22(25)27)19(24-21(18)26)14-9-11-23-12-10-14/h5-12,27H,3-4,13H2,1-2H3. The molecule has 0 spiro atoms. The van der Waals surface area contributed by atoms with Crippen molar-refractivity contribution in [2.75, 3.05) is 7.11 Å². The van der Waals surface area contributed by atoms with Crippen LogP contribution in [0, 0.1) is 0 Å². The predicted molar refractivity (Wildman–Crippen MR) is 107 cm³/mol. The minimum atomic E-state index is -0.335. The van der Waals surface area contributed by atoms with Gasteiger partial charge >= 0.3 is 0 Å². The lowest BCUT2D eigenvalue weighted by molar-refractivity contribution is 0.101. The van der Waals surface area contributed by atoms with Gasteiger partial charge in [0.25, 0.3) is 5.91 Å². The summed E-state index contributed by atoms with van der Waals surface area (Å²) in [7, 11) is 1.61. The number of fused-ring (bicyclic) bond motifs is 1. The predicted octanol–water partition coefficient (Wildman–Crippen LogP) is 4.06. The number of pyridine rings is 1. The van der Waals surface area contributed by atoms with Crippen LogP contribution in [0.2, 0.25) is 0 Å². The fourth-order valence-corrected chi connectivity index (χ4v) is 3.55. The zero-order valence-electron chi connectivity index (χ0n) is 15.8. The number of ether oxygens (including phenoxy) is 1. The van der Waals surface area contributed by atoms with Gasteiger partial charge in [-0.1, -0.05) is 13.3 Å². The molecule has 1 aliphatic heterocycles. The summed E-state index contributed by atoms with van der Waals surface area (Å²) in [6.07, 6.45) is 5.16. The summed E-state index contributed by atoms with van der Waals surface area (Å²) in [4.78, 5) is 21.1. The first kappa shape index (κ1) is 18.0. The number of aromatic hydroxyl groups is 1. The number of unbranched alkanes of at least 4 members (excludes halogenated alkanes) is 1.